The van der Waals surface area contributed by atoms with Crippen molar-refractivity contribution in [3.8, 4) is 0 Å². The number of benzene rings is 1. The van der Waals surface area contributed by atoms with Crippen LogP contribution in [0.2, 0.25) is 0 Å². The lowest BCUT2D eigenvalue weighted by Crippen LogP contribution is -2.30. The van der Waals surface area contributed by atoms with E-state index in [1.165, 1.54) is 5.56 Å². The van der Waals surface area contributed by atoms with E-state index in [0.29, 0.717) is 11.5 Å². The molecule has 4 rings (SSSR count). The molecule has 0 saturated carbocycles. The highest BCUT2D eigenvalue weighted by atomic mass is 16.2. The quantitative estimate of drug-likeness (QED) is 0.699. The predicted molar refractivity (Wildman–Crippen MR) is 106 cm³/mol. The van der Waals surface area contributed by atoms with E-state index < -0.39 is 0 Å². The van der Waals surface area contributed by atoms with Gasteiger partial charge in [0.05, 0.1) is 18.4 Å². The average molecular weight is 363 g/mol. The number of hydrogen-bond acceptors (Lipinski definition) is 4. The van der Waals surface area contributed by atoms with Gasteiger partial charge in [-0.3, -0.25) is 4.79 Å². The summed E-state index contributed by atoms with van der Waals surface area (Å²) in [6.45, 7) is 3.37. The Morgan fingerprint density at radius 1 is 1.22 bits per heavy atom. The second-order valence-electron chi connectivity index (χ2n) is 7.59. The number of hydrogen-bond donors (Lipinski definition) is 0. The van der Waals surface area contributed by atoms with Crippen LogP contribution in [0.25, 0.3) is 11.2 Å². The van der Waals surface area contributed by atoms with Crippen molar-refractivity contribution < 1.29 is 4.79 Å². The van der Waals surface area contributed by atoms with E-state index in [1.54, 1.807) is 12.5 Å². The third kappa shape index (κ3) is 3.85. The minimum absolute atomic E-state index is 0.0586. The van der Waals surface area contributed by atoms with Crippen molar-refractivity contribution in [1.82, 2.24) is 24.3 Å². The summed E-state index contributed by atoms with van der Waals surface area (Å²) in [5.41, 5.74) is 3.39. The maximum Gasteiger partial charge on any atom is 0.255 e. The fraction of sp³-hybridized carbons (Fsp3) is 0.381. The Morgan fingerprint density at radius 3 is 2.81 bits per heavy atom. The zero-order valence-corrected chi connectivity index (χ0v) is 15.9. The molecule has 1 fully saturated rings. The number of nitrogens with zero attached hydrogens (tertiary/aromatic N) is 5. The van der Waals surface area contributed by atoms with Crippen LogP contribution in [-0.4, -0.2) is 64.0 Å². The first kappa shape index (κ1) is 17.7. The van der Waals surface area contributed by atoms with Crippen LogP contribution in [0.15, 0.2) is 48.9 Å². The van der Waals surface area contributed by atoms with Gasteiger partial charge in [-0.2, -0.15) is 0 Å². The molecule has 3 aromatic rings. The van der Waals surface area contributed by atoms with E-state index >= 15 is 0 Å². The minimum Gasteiger partial charge on any atom is -0.338 e. The summed E-state index contributed by atoms with van der Waals surface area (Å²) in [5.74, 6) is 0.606. The molecule has 1 saturated heterocycles. The Bertz CT molecular complexity index is 934. The Kier molecular flexibility index (Phi) is 4.90. The molecule has 0 bridgehead atoms. The van der Waals surface area contributed by atoms with Crippen molar-refractivity contribution in [2.75, 3.05) is 33.7 Å². The largest absolute Gasteiger partial charge is 0.338 e. The van der Waals surface area contributed by atoms with Gasteiger partial charge in [0, 0.05) is 25.8 Å². The normalized spacial score (nSPS) is 17.1. The SMILES string of the molecule is CN(C)CC1CCN(C(=O)c2cnc3c(c2)ncn3Cc2ccccc2)C1. The lowest BCUT2D eigenvalue weighted by molar-refractivity contribution is 0.0785. The lowest BCUT2D eigenvalue weighted by Gasteiger charge is -2.18. The standard InChI is InChI=1S/C21H25N5O/c1-24(2)12-17-8-9-25(14-17)21(27)18-10-19-20(22-11-18)26(15-23-19)13-16-6-4-3-5-7-16/h3-7,10-11,15,17H,8-9,12-14H2,1-2H3. The average Bonchev–Trinajstić information content (AvgIpc) is 3.28. The lowest BCUT2D eigenvalue weighted by atomic mass is 10.1. The molecule has 27 heavy (non-hydrogen) atoms. The van der Waals surface area contributed by atoms with Crippen LogP contribution in [0.5, 0.6) is 0 Å². The number of amides is 1. The smallest absolute Gasteiger partial charge is 0.255 e. The van der Waals surface area contributed by atoms with Gasteiger partial charge in [0.25, 0.3) is 5.91 Å². The van der Waals surface area contributed by atoms with Gasteiger partial charge in [-0.15, -0.1) is 0 Å². The van der Waals surface area contributed by atoms with Gasteiger partial charge in [-0.05, 0) is 38.1 Å². The maximum atomic E-state index is 12.9. The van der Waals surface area contributed by atoms with E-state index in [9.17, 15) is 4.79 Å². The van der Waals surface area contributed by atoms with Crippen LogP contribution in [-0.2, 0) is 6.54 Å². The van der Waals surface area contributed by atoms with Crippen molar-refractivity contribution in [2.24, 2.45) is 5.92 Å². The van der Waals surface area contributed by atoms with Crippen molar-refractivity contribution in [3.63, 3.8) is 0 Å². The molecular weight excluding hydrogens is 338 g/mol. The summed E-state index contributed by atoms with van der Waals surface area (Å²) >= 11 is 0. The van der Waals surface area contributed by atoms with Gasteiger partial charge in [0.2, 0.25) is 0 Å². The molecule has 0 spiro atoms. The number of carbonyl (C=O) groups is 1. The molecule has 1 amide bonds. The van der Waals surface area contributed by atoms with E-state index in [0.717, 1.165) is 43.8 Å². The Labute approximate surface area is 159 Å². The van der Waals surface area contributed by atoms with Crippen LogP contribution < -0.4 is 0 Å². The highest BCUT2D eigenvalue weighted by molar-refractivity contribution is 5.96. The highest BCUT2D eigenvalue weighted by Gasteiger charge is 2.27. The number of likely N-dealkylation sites (tertiary alicyclic amines) is 1. The molecule has 6 heteroatoms. The van der Waals surface area contributed by atoms with Gasteiger partial charge >= 0.3 is 0 Å². The van der Waals surface area contributed by atoms with Crippen molar-refractivity contribution in [2.45, 2.75) is 13.0 Å². The fourth-order valence-corrected chi connectivity index (χ4v) is 3.83. The van der Waals surface area contributed by atoms with Gasteiger partial charge in [-0.25, -0.2) is 9.97 Å². The zero-order valence-electron chi connectivity index (χ0n) is 15.9. The first-order chi connectivity index (χ1) is 13.1. The summed E-state index contributed by atoms with van der Waals surface area (Å²) in [6.07, 6.45) is 4.54. The molecule has 2 aromatic heterocycles. The maximum absolute atomic E-state index is 12.9. The number of aromatic nitrogens is 3. The molecular formula is C21H25N5O. The molecule has 1 aromatic carbocycles. The van der Waals surface area contributed by atoms with Crippen LogP contribution in [0.4, 0.5) is 0 Å². The second-order valence-corrected chi connectivity index (χ2v) is 7.59. The van der Waals surface area contributed by atoms with E-state index in [-0.39, 0.29) is 5.91 Å². The number of rotatable bonds is 5. The molecule has 1 aliphatic heterocycles. The molecule has 0 N–H and O–H groups in total. The second kappa shape index (κ2) is 7.48. The van der Waals surface area contributed by atoms with Gasteiger partial charge in [0.15, 0.2) is 5.65 Å². The fourth-order valence-electron chi connectivity index (χ4n) is 3.83. The first-order valence-electron chi connectivity index (χ1n) is 9.39. The molecule has 3 heterocycles. The van der Waals surface area contributed by atoms with E-state index in [1.807, 2.05) is 33.7 Å². The first-order valence-corrected chi connectivity index (χ1v) is 9.39. The van der Waals surface area contributed by atoms with Crippen LogP contribution in [0.3, 0.4) is 0 Å². The molecule has 1 atom stereocenters. The highest BCUT2D eigenvalue weighted by Crippen LogP contribution is 2.21. The number of pyridine rings is 1. The monoisotopic (exact) mass is 363 g/mol. The summed E-state index contributed by atoms with van der Waals surface area (Å²) in [7, 11) is 4.15. The van der Waals surface area contributed by atoms with Gasteiger partial charge < -0.3 is 14.4 Å². The molecule has 0 aliphatic carbocycles. The topological polar surface area (TPSA) is 54.3 Å². The Balaban J connectivity index is 1.50. The van der Waals surface area contributed by atoms with Crippen LogP contribution in [0.1, 0.15) is 22.3 Å². The van der Waals surface area contributed by atoms with Crippen molar-refractivity contribution in [1.29, 1.82) is 0 Å². The summed E-state index contributed by atoms with van der Waals surface area (Å²) in [6, 6.07) is 12.1. The molecule has 1 aliphatic rings. The Hall–Kier alpha value is -2.73. The third-order valence-electron chi connectivity index (χ3n) is 5.09. The predicted octanol–water partition coefficient (Wildman–Crippen LogP) is 2.50. The minimum atomic E-state index is 0.0586. The van der Waals surface area contributed by atoms with Crippen molar-refractivity contribution >= 4 is 17.1 Å². The summed E-state index contributed by atoms with van der Waals surface area (Å²) in [4.78, 5) is 26.0. The number of carbonyl (C=O) groups excluding carboxylic acids is 1. The summed E-state index contributed by atoms with van der Waals surface area (Å²) in [5, 5.41) is 0. The van der Waals surface area contributed by atoms with Crippen LogP contribution in [0, 0.1) is 5.92 Å². The van der Waals surface area contributed by atoms with Gasteiger partial charge in [0.1, 0.15) is 5.52 Å². The summed E-state index contributed by atoms with van der Waals surface area (Å²) < 4.78 is 2.02. The molecule has 140 valence electrons. The van der Waals surface area contributed by atoms with Crippen molar-refractivity contribution in [3.05, 3.63) is 60.0 Å². The number of imidazole rings is 1. The van der Waals surface area contributed by atoms with E-state index in [4.69, 9.17) is 0 Å². The Morgan fingerprint density at radius 2 is 2.04 bits per heavy atom. The van der Waals surface area contributed by atoms with E-state index in [2.05, 4.69) is 41.1 Å². The number of fused-ring (bicyclic) bond motifs is 1. The molecule has 1 unspecified atom stereocenters. The molecule has 6 nitrogen and oxygen atoms in total. The third-order valence-corrected chi connectivity index (χ3v) is 5.09. The van der Waals surface area contributed by atoms with Gasteiger partial charge in [-0.1, -0.05) is 30.3 Å². The zero-order chi connectivity index (χ0) is 18.8. The van der Waals surface area contributed by atoms with Crippen LogP contribution >= 0.6 is 0 Å². The molecule has 0 radical (unpaired) electrons.